The summed E-state index contributed by atoms with van der Waals surface area (Å²) < 4.78 is 46.1. The minimum atomic E-state index is -2.47. The van der Waals surface area contributed by atoms with Crippen molar-refractivity contribution in [3.8, 4) is 0 Å². The molecule has 0 amide bonds. The van der Waals surface area contributed by atoms with Gasteiger partial charge in [0.15, 0.2) is 30.0 Å². The van der Waals surface area contributed by atoms with Crippen molar-refractivity contribution in [1.82, 2.24) is 0 Å². The molecule has 4 aliphatic rings. The Kier molecular flexibility index (Phi) is 12.5. The molecule has 0 aromatic heterocycles. The molecule has 1 saturated carbocycles. The summed E-state index contributed by atoms with van der Waals surface area (Å²) >= 11 is 0. The average Bonchev–Trinajstić information content (AvgIpc) is 3.79. The van der Waals surface area contributed by atoms with Crippen molar-refractivity contribution in [3.05, 3.63) is 23.8 Å². The molecular formula is C36H48O17. The Balaban J connectivity index is 2.05. The molecule has 53 heavy (non-hydrogen) atoms. The van der Waals surface area contributed by atoms with E-state index < -0.39 is 120 Å². The number of fused-ring (bicyclic) bond motifs is 3. The summed E-state index contributed by atoms with van der Waals surface area (Å²) in [5, 5.41) is 23.1. The molecule has 1 spiro atoms. The molecule has 3 fully saturated rings. The van der Waals surface area contributed by atoms with Crippen LogP contribution in [0.25, 0.3) is 0 Å². The summed E-state index contributed by atoms with van der Waals surface area (Å²) in [7, 11) is 0. The zero-order chi connectivity index (χ0) is 39.6. The zero-order valence-corrected chi connectivity index (χ0v) is 31.0. The summed E-state index contributed by atoms with van der Waals surface area (Å²) in [4.78, 5) is 90.8. The predicted octanol–water partition coefficient (Wildman–Crippen LogP) is 0.791. The van der Waals surface area contributed by atoms with Crippen LogP contribution in [-0.4, -0.2) is 120 Å². The highest BCUT2D eigenvalue weighted by atomic mass is 16.7. The zero-order valence-electron chi connectivity index (χ0n) is 31.0. The van der Waals surface area contributed by atoms with E-state index in [0.717, 1.165) is 27.7 Å². The van der Waals surface area contributed by atoms with Gasteiger partial charge in [-0.2, -0.15) is 0 Å². The molecule has 17 nitrogen and oxygen atoms in total. The van der Waals surface area contributed by atoms with E-state index in [2.05, 4.69) is 0 Å². The summed E-state index contributed by atoms with van der Waals surface area (Å²) in [6.07, 6.45) is -6.61. The highest BCUT2D eigenvalue weighted by Crippen LogP contribution is 2.63. The van der Waals surface area contributed by atoms with Gasteiger partial charge in [0.05, 0.1) is 31.2 Å². The van der Waals surface area contributed by atoms with Gasteiger partial charge in [-0.15, -0.1) is 0 Å². The van der Waals surface area contributed by atoms with Crippen molar-refractivity contribution in [2.24, 2.45) is 23.2 Å². The number of esters is 7. The number of carbonyl (C=O) groups is 7. The summed E-state index contributed by atoms with van der Waals surface area (Å²) in [5.41, 5.74) is -6.28. The smallest absolute Gasteiger partial charge is 0.317 e. The van der Waals surface area contributed by atoms with Gasteiger partial charge in [0, 0.05) is 33.6 Å². The highest BCUT2D eigenvalue weighted by Gasteiger charge is 2.81. The number of aliphatic hydroxyl groups is 2. The van der Waals surface area contributed by atoms with E-state index in [-0.39, 0.29) is 24.7 Å². The molecule has 2 aliphatic carbocycles. The van der Waals surface area contributed by atoms with Gasteiger partial charge in [0.1, 0.15) is 24.2 Å². The molecule has 11 atom stereocenters. The van der Waals surface area contributed by atoms with E-state index in [1.54, 1.807) is 0 Å². The lowest BCUT2D eigenvalue weighted by atomic mass is 9.51. The van der Waals surface area contributed by atoms with Gasteiger partial charge < -0.3 is 48.1 Å². The van der Waals surface area contributed by atoms with Gasteiger partial charge in [-0.1, -0.05) is 26.8 Å². The molecule has 0 bridgehead atoms. The maximum atomic E-state index is 13.6. The summed E-state index contributed by atoms with van der Waals surface area (Å²) in [5.74, 6) is -9.38. The van der Waals surface area contributed by atoms with Gasteiger partial charge in [-0.25, -0.2) is 0 Å². The van der Waals surface area contributed by atoms with Crippen molar-refractivity contribution in [1.29, 1.82) is 0 Å². The molecule has 0 unspecified atom stereocenters. The van der Waals surface area contributed by atoms with Gasteiger partial charge in [-0.3, -0.25) is 33.6 Å². The van der Waals surface area contributed by atoms with Crippen LogP contribution in [0, 0.1) is 23.2 Å². The Morgan fingerprint density at radius 1 is 0.887 bits per heavy atom. The minimum absolute atomic E-state index is 0.0380. The van der Waals surface area contributed by atoms with E-state index in [0.29, 0.717) is 6.42 Å². The number of ether oxygens (including phenoxy) is 8. The lowest BCUT2D eigenvalue weighted by Crippen LogP contribution is -2.76. The molecule has 2 aliphatic heterocycles. The molecule has 0 aromatic carbocycles. The lowest BCUT2D eigenvalue weighted by molar-refractivity contribution is -0.279. The van der Waals surface area contributed by atoms with Crippen LogP contribution in [0.15, 0.2) is 23.8 Å². The van der Waals surface area contributed by atoms with E-state index >= 15 is 0 Å². The monoisotopic (exact) mass is 752 g/mol. The molecule has 2 N–H and O–H groups in total. The fraction of sp³-hybridized carbons (Fsp3) is 0.694. The van der Waals surface area contributed by atoms with Crippen LogP contribution in [-0.2, 0) is 71.5 Å². The van der Waals surface area contributed by atoms with Crippen LogP contribution in [0.5, 0.6) is 0 Å². The van der Waals surface area contributed by atoms with Crippen LogP contribution in [0.1, 0.15) is 68.2 Å². The minimum Gasteiger partial charge on any atom is -0.465 e. The van der Waals surface area contributed by atoms with Crippen LogP contribution in [0.4, 0.5) is 0 Å². The second-order valence-electron chi connectivity index (χ2n) is 14.5. The molecule has 294 valence electrons. The first-order valence-corrected chi connectivity index (χ1v) is 17.3. The Morgan fingerprint density at radius 3 is 1.98 bits per heavy atom. The Hall–Kier alpha value is -4.35. The number of carbonyl (C=O) groups excluding carboxylic acids is 7. The van der Waals surface area contributed by atoms with E-state index in [1.165, 1.54) is 32.1 Å². The fourth-order valence-corrected chi connectivity index (χ4v) is 7.69. The molecule has 0 aromatic rings. The third-order valence-corrected chi connectivity index (χ3v) is 10.2. The summed E-state index contributed by atoms with van der Waals surface area (Å²) in [6.45, 7) is 9.83. The standard InChI is InChI=1S/C36H48O17/c1-17(2)11-12-46-26(42)14-27(43)52-24-10-9-23(15-37)13-25-36(45,18(3)33(44)53-25)32(51-22(7)41)29-34(24,8)30(49-20(5)39)28(48-19(4)38)31(50-21(6)40)35(29)16-47-35/h9-10,13,17-18,24-25,28-32,37,45H,11-12,14-16H2,1-8H3/b10-9-,23-13+/t18-,24-,25-,28+,29+,30-,31+,32-,34+,35-,36+/m0/s1. The maximum Gasteiger partial charge on any atom is 0.317 e. The van der Waals surface area contributed by atoms with E-state index in [1.807, 2.05) is 13.8 Å². The fourth-order valence-electron chi connectivity index (χ4n) is 7.69. The second-order valence-corrected chi connectivity index (χ2v) is 14.5. The SMILES string of the molecule is CC(=O)O[C@H]1[C@@H](OC(C)=O)[C@]2(CO2)[C@@H]2[C@H](OC(C)=O)[C@]3(O)[C@H](/C=C(CO)\C=C/[C@H](OC(=O)CC(=O)OCCC(C)C)[C@@]2(C)[C@H]1OC(C)=O)OC(=O)[C@@H]3C. The first kappa shape index (κ1) is 41.4. The van der Waals surface area contributed by atoms with Crippen LogP contribution < -0.4 is 0 Å². The van der Waals surface area contributed by atoms with Gasteiger partial charge >= 0.3 is 41.8 Å². The van der Waals surface area contributed by atoms with Crippen molar-refractivity contribution in [2.45, 2.75) is 116 Å². The largest absolute Gasteiger partial charge is 0.465 e. The third-order valence-electron chi connectivity index (χ3n) is 10.2. The first-order chi connectivity index (χ1) is 24.7. The topological polar surface area (TPSA) is 237 Å². The molecule has 2 saturated heterocycles. The quantitative estimate of drug-likeness (QED) is 0.128. The number of epoxide rings is 1. The molecule has 4 rings (SSSR count). The van der Waals surface area contributed by atoms with Crippen LogP contribution in [0.2, 0.25) is 0 Å². The second kappa shape index (κ2) is 15.9. The molecular weight excluding hydrogens is 704 g/mol. The molecule has 17 heteroatoms. The van der Waals surface area contributed by atoms with Gasteiger partial charge in [0.25, 0.3) is 0 Å². The highest BCUT2D eigenvalue weighted by molar-refractivity contribution is 5.91. The normalized spacial score (nSPS) is 37.4. The Morgan fingerprint density at radius 2 is 1.45 bits per heavy atom. The van der Waals surface area contributed by atoms with Crippen LogP contribution in [0.3, 0.4) is 0 Å². The number of hydrogen-bond acceptors (Lipinski definition) is 17. The van der Waals surface area contributed by atoms with Gasteiger partial charge in [0.2, 0.25) is 0 Å². The van der Waals surface area contributed by atoms with Crippen LogP contribution >= 0.6 is 0 Å². The Bertz CT molecular complexity index is 1540. The van der Waals surface area contributed by atoms with Crippen molar-refractivity contribution in [3.63, 3.8) is 0 Å². The maximum absolute atomic E-state index is 13.6. The van der Waals surface area contributed by atoms with Crippen molar-refractivity contribution >= 4 is 41.8 Å². The van der Waals surface area contributed by atoms with E-state index in [4.69, 9.17) is 37.9 Å². The molecule has 0 radical (unpaired) electrons. The number of rotatable bonds is 11. The number of aliphatic hydroxyl groups excluding tert-OH is 1. The van der Waals surface area contributed by atoms with Gasteiger partial charge in [-0.05, 0) is 37.0 Å². The first-order valence-electron chi connectivity index (χ1n) is 17.3. The molecule has 2 heterocycles. The predicted molar refractivity (Wildman–Crippen MR) is 176 cm³/mol. The van der Waals surface area contributed by atoms with Crippen molar-refractivity contribution in [2.75, 3.05) is 19.8 Å². The van der Waals surface area contributed by atoms with E-state index in [9.17, 15) is 43.8 Å². The average molecular weight is 753 g/mol. The Labute approximate surface area is 306 Å². The van der Waals surface area contributed by atoms with Crippen molar-refractivity contribution < 1.29 is 81.7 Å². The lowest BCUT2D eigenvalue weighted by Gasteiger charge is -2.59. The third kappa shape index (κ3) is 8.26. The summed E-state index contributed by atoms with van der Waals surface area (Å²) in [6, 6.07) is 0. The number of hydrogen-bond donors (Lipinski definition) is 2.